The standard InChI is InChI=1S/C14H27N/c1-3-4-5-6-7-13-10-11-14-9-8-12(2)15(13)14/h12-14H,3-11H2,1-2H3/t12-,13+,14+/m0/s1. The molecule has 2 saturated heterocycles. The van der Waals surface area contributed by atoms with Gasteiger partial charge in [-0.15, -0.1) is 0 Å². The Kier molecular flexibility index (Phi) is 4.07. The minimum atomic E-state index is 0.883. The molecule has 0 bridgehead atoms. The van der Waals surface area contributed by atoms with E-state index >= 15 is 0 Å². The SMILES string of the molecule is CCCCCC[C@@H]1CC[C@H]2CC[C@H](C)N12. The van der Waals surface area contributed by atoms with E-state index in [0.717, 1.165) is 18.1 Å². The van der Waals surface area contributed by atoms with Gasteiger partial charge in [0, 0.05) is 18.1 Å². The fraction of sp³-hybridized carbons (Fsp3) is 1.00. The smallest absolute Gasteiger partial charge is 0.0102 e. The average Bonchev–Trinajstić information content (AvgIpc) is 2.78. The first-order valence-electron chi connectivity index (χ1n) is 7.10. The van der Waals surface area contributed by atoms with E-state index in [1.165, 1.54) is 57.8 Å². The van der Waals surface area contributed by atoms with Crippen LogP contribution >= 0.6 is 0 Å². The van der Waals surface area contributed by atoms with Crippen LogP contribution in [0.4, 0.5) is 0 Å². The second-order valence-electron chi connectivity index (χ2n) is 5.61. The molecule has 2 aliphatic rings. The maximum atomic E-state index is 2.85. The van der Waals surface area contributed by atoms with Crippen molar-refractivity contribution in [3.63, 3.8) is 0 Å². The van der Waals surface area contributed by atoms with Gasteiger partial charge in [0.1, 0.15) is 0 Å². The van der Waals surface area contributed by atoms with E-state index in [9.17, 15) is 0 Å². The highest BCUT2D eigenvalue weighted by Gasteiger charge is 2.39. The highest BCUT2D eigenvalue weighted by molar-refractivity contribution is 4.95. The molecule has 2 aliphatic heterocycles. The van der Waals surface area contributed by atoms with Crippen molar-refractivity contribution < 1.29 is 0 Å². The van der Waals surface area contributed by atoms with Crippen molar-refractivity contribution in [2.45, 2.75) is 89.8 Å². The molecule has 0 saturated carbocycles. The van der Waals surface area contributed by atoms with Gasteiger partial charge in [0.15, 0.2) is 0 Å². The minimum absolute atomic E-state index is 0.883. The summed E-state index contributed by atoms with van der Waals surface area (Å²) in [5.41, 5.74) is 0. The van der Waals surface area contributed by atoms with Gasteiger partial charge in [-0.3, -0.25) is 4.90 Å². The maximum Gasteiger partial charge on any atom is 0.0102 e. The van der Waals surface area contributed by atoms with Crippen molar-refractivity contribution in [1.29, 1.82) is 0 Å². The zero-order chi connectivity index (χ0) is 10.7. The first-order valence-corrected chi connectivity index (χ1v) is 7.10. The van der Waals surface area contributed by atoms with Crippen molar-refractivity contribution in [1.82, 2.24) is 4.90 Å². The van der Waals surface area contributed by atoms with Crippen LogP contribution in [0.2, 0.25) is 0 Å². The second-order valence-corrected chi connectivity index (χ2v) is 5.61. The van der Waals surface area contributed by atoms with Gasteiger partial charge < -0.3 is 0 Å². The second kappa shape index (κ2) is 5.34. The van der Waals surface area contributed by atoms with E-state index in [-0.39, 0.29) is 0 Å². The van der Waals surface area contributed by atoms with Gasteiger partial charge in [-0.25, -0.2) is 0 Å². The first kappa shape index (κ1) is 11.4. The normalized spacial score (nSPS) is 36.0. The summed E-state index contributed by atoms with van der Waals surface area (Å²) < 4.78 is 0. The topological polar surface area (TPSA) is 3.24 Å². The van der Waals surface area contributed by atoms with Crippen molar-refractivity contribution in [3.05, 3.63) is 0 Å². The van der Waals surface area contributed by atoms with Crippen LogP contribution < -0.4 is 0 Å². The molecular weight excluding hydrogens is 182 g/mol. The van der Waals surface area contributed by atoms with Crippen LogP contribution in [0, 0.1) is 0 Å². The molecule has 0 unspecified atom stereocenters. The Bertz CT molecular complexity index is 190. The zero-order valence-corrected chi connectivity index (χ0v) is 10.5. The summed E-state index contributed by atoms with van der Waals surface area (Å²) >= 11 is 0. The monoisotopic (exact) mass is 209 g/mol. The van der Waals surface area contributed by atoms with Crippen LogP contribution in [0.3, 0.4) is 0 Å². The van der Waals surface area contributed by atoms with Crippen molar-refractivity contribution in [2.24, 2.45) is 0 Å². The molecule has 0 radical (unpaired) electrons. The number of hydrogen-bond acceptors (Lipinski definition) is 1. The van der Waals surface area contributed by atoms with Crippen LogP contribution in [0.1, 0.15) is 71.6 Å². The van der Waals surface area contributed by atoms with Crippen LogP contribution in [-0.4, -0.2) is 23.0 Å². The van der Waals surface area contributed by atoms with Crippen molar-refractivity contribution in [3.8, 4) is 0 Å². The summed E-state index contributed by atoms with van der Waals surface area (Å²) in [6, 6.07) is 2.80. The van der Waals surface area contributed by atoms with Gasteiger partial charge in [-0.05, 0) is 39.0 Å². The van der Waals surface area contributed by atoms with Crippen molar-refractivity contribution in [2.75, 3.05) is 0 Å². The van der Waals surface area contributed by atoms with E-state index < -0.39 is 0 Å². The van der Waals surface area contributed by atoms with E-state index in [1.807, 2.05) is 0 Å². The lowest BCUT2D eigenvalue weighted by molar-refractivity contribution is 0.180. The van der Waals surface area contributed by atoms with Gasteiger partial charge in [-0.1, -0.05) is 32.6 Å². The Hall–Kier alpha value is -0.0400. The minimum Gasteiger partial charge on any atom is -0.295 e. The highest BCUT2D eigenvalue weighted by Crippen LogP contribution is 2.38. The van der Waals surface area contributed by atoms with E-state index in [0.29, 0.717) is 0 Å². The number of fused-ring (bicyclic) bond motifs is 1. The van der Waals surface area contributed by atoms with Crippen LogP contribution in [0.15, 0.2) is 0 Å². The quantitative estimate of drug-likeness (QED) is 0.619. The van der Waals surface area contributed by atoms with Gasteiger partial charge in [0.2, 0.25) is 0 Å². The summed E-state index contributed by atoms with van der Waals surface area (Å²) in [6.07, 6.45) is 13.1. The molecular formula is C14H27N. The van der Waals surface area contributed by atoms with Crippen LogP contribution in [-0.2, 0) is 0 Å². The molecule has 2 rings (SSSR count). The molecule has 88 valence electrons. The third kappa shape index (κ3) is 2.55. The number of hydrogen-bond donors (Lipinski definition) is 0. The summed E-state index contributed by atoms with van der Waals surface area (Å²) in [4.78, 5) is 2.85. The van der Waals surface area contributed by atoms with Gasteiger partial charge >= 0.3 is 0 Å². The number of unbranched alkanes of at least 4 members (excludes halogenated alkanes) is 3. The molecule has 0 spiro atoms. The van der Waals surface area contributed by atoms with E-state index in [1.54, 1.807) is 0 Å². The molecule has 15 heavy (non-hydrogen) atoms. The molecule has 2 fully saturated rings. The van der Waals surface area contributed by atoms with Gasteiger partial charge in [0.25, 0.3) is 0 Å². The van der Waals surface area contributed by atoms with E-state index in [2.05, 4.69) is 18.7 Å². The summed E-state index contributed by atoms with van der Waals surface area (Å²) in [5, 5.41) is 0. The number of rotatable bonds is 5. The molecule has 1 nitrogen and oxygen atoms in total. The van der Waals surface area contributed by atoms with Gasteiger partial charge in [0.05, 0.1) is 0 Å². The molecule has 0 aromatic heterocycles. The van der Waals surface area contributed by atoms with Crippen LogP contribution in [0.25, 0.3) is 0 Å². The highest BCUT2D eigenvalue weighted by atomic mass is 15.3. The van der Waals surface area contributed by atoms with Gasteiger partial charge in [-0.2, -0.15) is 0 Å². The largest absolute Gasteiger partial charge is 0.295 e. The molecule has 1 heteroatoms. The third-order valence-corrected chi connectivity index (χ3v) is 4.49. The summed E-state index contributed by atoms with van der Waals surface area (Å²) in [7, 11) is 0. The summed E-state index contributed by atoms with van der Waals surface area (Å²) in [5.74, 6) is 0. The predicted molar refractivity (Wildman–Crippen MR) is 66.1 cm³/mol. The molecule has 0 aromatic rings. The third-order valence-electron chi connectivity index (χ3n) is 4.49. The number of nitrogens with zero attached hydrogens (tertiary/aromatic N) is 1. The predicted octanol–water partition coefficient (Wildman–Crippen LogP) is 3.97. The lowest BCUT2D eigenvalue weighted by atomic mass is 10.0. The Morgan fingerprint density at radius 2 is 1.80 bits per heavy atom. The molecule has 0 aromatic carbocycles. The Morgan fingerprint density at radius 3 is 2.60 bits per heavy atom. The lowest BCUT2D eigenvalue weighted by Gasteiger charge is -2.28. The lowest BCUT2D eigenvalue weighted by Crippen LogP contribution is -2.36. The molecule has 0 aliphatic carbocycles. The zero-order valence-electron chi connectivity index (χ0n) is 10.5. The Balaban J connectivity index is 1.73. The van der Waals surface area contributed by atoms with Crippen molar-refractivity contribution >= 4 is 0 Å². The first-order chi connectivity index (χ1) is 7.33. The molecule has 0 amide bonds. The summed E-state index contributed by atoms with van der Waals surface area (Å²) in [6.45, 7) is 4.73. The fourth-order valence-corrected chi connectivity index (χ4v) is 3.68. The van der Waals surface area contributed by atoms with Crippen LogP contribution in [0.5, 0.6) is 0 Å². The molecule has 0 N–H and O–H groups in total. The Morgan fingerprint density at radius 1 is 1.00 bits per heavy atom. The fourth-order valence-electron chi connectivity index (χ4n) is 3.68. The Labute approximate surface area is 95.2 Å². The molecule has 3 atom stereocenters. The van der Waals surface area contributed by atoms with E-state index in [4.69, 9.17) is 0 Å². The molecule has 2 heterocycles. The average molecular weight is 209 g/mol. The maximum absolute atomic E-state index is 2.85.